The number of halogens is 3. The Hall–Kier alpha value is -1.27. The van der Waals surface area contributed by atoms with Crippen LogP contribution in [0.3, 0.4) is 0 Å². The Morgan fingerprint density at radius 1 is 1.25 bits per heavy atom. The first kappa shape index (κ1) is 11.2. The van der Waals surface area contributed by atoms with Crippen molar-refractivity contribution < 1.29 is 13.2 Å². The Morgan fingerprint density at radius 3 is 2.50 bits per heavy atom. The molecular formula is C9H13F3N4. The summed E-state index contributed by atoms with van der Waals surface area (Å²) < 4.78 is 38.4. The molecule has 1 heterocycles. The van der Waals surface area contributed by atoms with Gasteiger partial charge in [0.2, 0.25) is 5.95 Å². The lowest BCUT2D eigenvalue weighted by molar-refractivity contribution is -0.187. The van der Waals surface area contributed by atoms with Crippen molar-refractivity contribution >= 4 is 5.95 Å². The molecule has 0 bridgehead atoms. The highest BCUT2D eigenvalue weighted by Gasteiger charge is 2.46. The molecule has 4 nitrogen and oxygen atoms in total. The normalized spacial score (nSPS) is 26.9. The first-order valence-electron chi connectivity index (χ1n) is 5.23. The second-order valence-corrected chi connectivity index (χ2v) is 4.12. The van der Waals surface area contributed by atoms with E-state index in [0.717, 1.165) is 6.42 Å². The lowest BCUT2D eigenvalue weighted by Gasteiger charge is -2.31. The van der Waals surface area contributed by atoms with E-state index in [1.165, 1.54) is 0 Å². The highest BCUT2D eigenvalue weighted by atomic mass is 19.4. The summed E-state index contributed by atoms with van der Waals surface area (Å²) in [4.78, 5) is 3.81. The first-order valence-corrected chi connectivity index (χ1v) is 5.23. The maximum Gasteiger partial charge on any atom is 0.392 e. The fourth-order valence-electron chi connectivity index (χ4n) is 2.30. The van der Waals surface area contributed by atoms with Crippen LogP contribution in [0.2, 0.25) is 0 Å². The summed E-state index contributed by atoms with van der Waals surface area (Å²) in [5.41, 5.74) is 5.31. The van der Waals surface area contributed by atoms with Gasteiger partial charge in [0.05, 0.1) is 5.92 Å². The van der Waals surface area contributed by atoms with Crippen LogP contribution in [0.4, 0.5) is 19.1 Å². The van der Waals surface area contributed by atoms with Crippen LogP contribution < -0.4 is 5.73 Å². The maximum absolute atomic E-state index is 12.8. The van der Waals surface area contributed by atoms with Gasteiger partial charge in [0.1, 0.15) is 5.82 Å². The van der Waals surface area contributed by atoms with E-state index in [-0.39, 0.29) is 18.2 Å². The summed E-state index contributed by atoms with van der Waals surface area (Å²) in [5, 5.41) is 6.07. The number of aromatic amines is 1. The second kappa shape index (κ2) is 3.95. The third-order valence-electron chi connectivity index (χ3n) is 3.06. The average molecular weight is 234 g/mol. The topological polar surface area (TPSA) is 67.6 Å². The lowest BCUT2D eigenvalue weighted by atomic mass is 9.78. The van der Waals surface area contributed by atoms with Crippen LogP contribution in [0.25, 0.3) is 0 Å². The van der Waals surface area contributed by atoms with Crippen molar-refractivity contribution in [1.82, 2.24) is 15.2 Å². The molecule has 2 atom stereocenters. The molecule has 3 N–H and O–H groups in total. The molecule has 2 rings (SSSR count). The number of nitrogens with two attached hydrogens (primary N) is 1. The summed E-state index contributed by atoms with van der Waals surface area (Å²) >= 11 is 0. The van der Waals surface area contributed by atoms with Gasteiger partial charge in [-0.25, -0.2) is 0 Å². The maximum atomic E-state index is 12.8. The van der Waals surface area contributed by atoms with Gasteiger partial charge in [-0.1, -0.05) is 12.8 Å². The molecule has 0 aromatic carbocycles. The third kappa shape index (κ3) is 2.12. The molecule has 2 unspecified atom stereocenters. The van der Waals surface area contributed by atoms with Gasteiger partial charge in [0.15, 0.2) is 0 Å². The van der Waals surface area contributed by atoms with Crippen molar-refractivity contribution in [2.24, 2.45) is 5.92 Å². The summed E-state index contributed by atoms with van der Waals surface area (Å²) in [7, 11) is 0. The molecule has 0 radical (unpaired) electrons. The fraction of sp³-hybridized carbons (Fsp3) is 0.778. The number of hydrogen-bond donors (Lipinski definition) is 2. The van der Waals surface area contributed by atoms with Crippen LogP contribution in [-0.2, 0) is 0 Å². The van der Waals surface area contributed by atoms with E-state index in [0.29, 0.717) is 12.8 Å². The predicted molar refractivity (Wildman–Crippen MR) is 51.5 cm³/mol. The van der Waals surface area contributed by atoms with Crippen LogP contribution in [-0.4, -0.2) is 21.4 Å². The van der Waals surface area contributed by atoms with Crippen molar-refractivity contribution in [3.05, 3.63) is 5.82 Å². The molecule has 16 heavy (non-hydrogen) atoms. The second-order valence-electron chi connectivity index (χ2n) is 4.12. The number of nitrogens with one attached hydrogen (secondary N) is 1. The first-order chi connectivity index (χ1) is 7.48. The van der Waals surface area contributed by atoms with Crippen LogP contribution >= 0.6 is 0 Å². The molecule has 1 aliphatic rings. The highest BCUT2D eigenvalue weighted by Crippen LogP contribution is 2.45. The van der Waals surface area contributed by atoms with Gasteiger partial charge in [-0.3, -0.25) is 5.10 Å². The standard InChI is InChI=1S/C9H13F3N4/c10-9(11,12)6-4-2-1-3-5(6)7-14-8(13)16-15-7/h5-6H,1-4H2,(H3,13,14,15,16). The van der Waals surface area contributed by atoms with Gasteiger partial charge >= 0.3 is 6.18 Å². The molecule has 0 amide bonds. The Morgan fingerprint density at radius 2 is 1.94 bits per heavy atom. The summed E-state index contributed by atoms with van der Waals surface area (Å²) in [6.07, 6.45) is -2.12. The van der Waals surface area contributed by atoms with Crippen molar-refractivity contribution in [2.75, 3.05) is 5.73 Å². The predicted octanol–water partition coefficient (Wildman–Crippen LogP) is 2.22. The minimum Gasteiger partial charge on any atom is -0.367 e. The van der Waals surface area contributed by atoms with Crippen LogP contribution in [0.15, 0.2) is 0 Å². The van der Waals surface area contributed by atoms with Gasteiger partial charge in [-0.15, -0.1) is 5.10 Å². The Labute approximate surface area is 90.4 Å². The number of H-pyrrole nitrogens is 1. The number of anilines is 1. The lowest BCUT2D eigenvalue weighted by Crippen LogP contribution is -2.32. The van der Waals surface area contributed by atoms with E-state index in [1.807, 2.05) is 0 Å². The van der Waals surface area contributed by atoms with Gasteiger partial charge in [0, 0.05) is 5.92 Å². The fourth-order valence-corrected chi connectivity index (χ4v) is 2.30. The number of alkyl halides is 3. The molecule has 1 aromatic rings. The Balaban J connectivity index is 2.23. The zero-order valence-electron chi connectivity index (χ0n) is 8.59. The van der Waals surface area contributed by atoms with E-state index >= 15 is 0 Å². The van der Waals surface area contributed by atoms with E-state index in [1.54, 1.807) is 0 Å². The monoisotopic (exact) mass is 234 g/mol. The van der Waals surface area contributed by atoms with Gasteiger partial charge in [-0.2, -0.15) is 18.2 Å². The molecular weight excluding hydrogens is 221 g/mol. The molecule has 90 valence electrons. The number of rotatable bonds is 1. The van der Waals surface area contributed by atoms with E-state index in [9.17, 15) is 13.2 Å². The minimum absolute atomic E-state index is 0.00139. The van der Waals surface area contributed by atoms with Gasteiger partial charge in [0.25, 0.3) is 0 Å². The van der Waals surface area contributed by atoms with Crippen molar-refractivity contribution in [3.63, 3.8) is 0 Å². The molecule has 1 saturated carbocycles. The smallest absolute Gasteiger partial charge is 0.367 e. The van der Waals surface area contributed by atoms with Crippen LogP contribution in [0.5, 0.6) is 0 Å². The number of nitrogen functional groups attached to an aromatic ring is 1. The summed E-state index contributed by atoms with van der Waals surface area (Å²) in [6, 6.07) is 0. The van der Waals surface area contributed by atoms with Gasteiger partial charge in [-0.05, 0) is 12.8 Å². The van der Waals surface area contributed by atoms with E-state index in [4.69, 9.17) is 5.73 Å². The highest BCUT2D eigenvalue weighted by molar-refractivity contribution is 5.15. The molecule has 0 spiro atoms. The molecule has 1 fully saturated rings. The van der Waals surface area contributed by atoms with Crippen molar-refractivity contribution in [2.45, 2.75) is 37.8 Å². The Kier molecular flexibility index (Phi) is 2.77. The molecule has 0 saturated heterocycles. The third-order valence-corrected chi connectivity index (χ3v) is 3.06. The molecule has 1 aromatic heterocycles. The Bertz CT molecular complexity index is 360. The van der Waals surface area contributed by atoms with E-state index in [2.05, 4.69) is 15.2 Å². The number of nitrogens with zero attached hydrogens (tertiary/aromatic N) is 2. The number of hydrogen-bond acceptors (Lipinski definition) is 3. The minimum atomic E-state index is -4.17. The van der Waals surface area contributed by atoms with Crippen LogP contribution in [0, 0.1) is 5.92 Å². The zero-order valence-corrected chi connectivity index (χ0v) is 8.59. The molecule has 0 aliphatic heterocycles. The number of aromatic nitrogens is 3. The quantitative estimate of drug-likeness (QED) is 0.782. The van der Waals surface area contributed by atoms with E-state index < -0.39 is 18.0 Å². The molecule has 1 aliphatic carbocycles. The summed E-state index contributed by atoms with van der Waals surface area (Å²) in [6.45, 7) is 0. The van der Waals surface area contributed by atoms with Gasteiger partial charge < -0.3 is 5.73 Å². The molecule has 7 heteroatoms. The SMILES string of the molecule is Nc1n[nH]c(C2CCCCC2C(F)(F)F)n1. The van der Waals surface area contributed by atoms with Crippen molar-refractivity contribution in [3.8, 4) is 0 Å². The largest absolute Gasteiger partial charge is 0.392 e. The summed E-state index contributed by atoms with van der Waals surface area (Å²) in [5.74, 6) is -1.69. The average Bonchev–Trinajstić information content (AvgIpc) is 2.64. The van der Waals surface area contributed by atoms with Crippen LogP contribution in [0.1, 0.15) is 37.4 Å². The van der Waals surface area contributed by atoms with Crippen molar-refractivity contribution in [1.29, 1.82) is 0 Å². The zero-order chi connectivity index (χ0) is 11.8.